The van der Waals surface area contributed by atoms with E-state index in [4.69, 9.17) is 14.7 Å². The van der Waals surface area contributed by atoms with Crippen LogP contribution >= 0.6 is 0 Å². The number of anilines is 2. The van der Waals surface area contributed by atoms with Crippen molar-refractivity contribution in [3.05, 3.63) is 60.1 Å². The average molecular weight is 791 g/mol. The summed E-state index contributed by atoms with van der Waals surface area (Å²) in [4.78, 5) is 28.8. The molecule has 222 valence electrons. The quantitative estimate of drug-likeness (QED) is 0.303. The summed E-state index contributed by atoms with van der Waals surface area (Å²) in [7, 11) is 2.16. The van der Waals surface area contributed by atoms with Crippen molar-refractivity contribution >= 4 is 28.2 Å². The molecule has 0 unspecified atom stereocenters. The molecule has 0 saturated carbocycles. The number of likely N-dealkylation sites (tertiary alicyclic amines) is 1. The molecule has 8 nitrogen and oxygen atoms in total. The summed E-state index contributed by atoms with van der Waals surface area (Å²) in [5.74, 6) is 0.835. The molecule has 9 heteroatoms. The second-order valence-electron chi connectivity index (χ2n) is 11.3. The molecule has 5 rings (SSSR count). The van der Waals surface area contributed by atoms with Crippen molar-refractivity contribution in [2.45, 2.75) is 65.1 Å². The van der Waals surface area contributed by atoms with Crippen LogP contribution in [0.15, 0.2) is 36.4 Å². The van der Waals surface area contributed by atoms with Crippen molar-refractivity contribution in [2.24, 2.45) is 0 Å². The Labute approximate surface area is 238 Å². The third-order valence-corrected chi connectivity index (χ3v) is 8.17. The fourth-order valence-electron chi connectivity index (χ4n) is 6.20. The van der Waals surface area contributed by atoms with Gasteiger partial charge < -0.3 is 31.7 Å². The molecule has 1 aromatic heterocycles. The Hall–Kier alpha value is -4.39. The molecule has 3 heterocycles. The van der Waals surface area contributed by atoms with Crippen molar-refractivity contribution in [1.82, 2.24) is 20.2 Å². The minimum absolute atomic E-state index is 0. The van der Waals surface area contributed by atoms with Gasteiger partial charge >= 0.3 is 6.01 Å². The number of fused-ring (bicyclic) bond motifs is 2. The van der Waals surface area contributed by atoms with Crippen molar-refractivity contribution in [1.29, 1.82) is 0 Å². The van der Waals surface area contributed by atoms with Crippen LogP contribution in [0.25, 0.3) is 10.8 Å². The molecule has 1 N–H and O–H groups in total. The van der Waals surface area contributed by atoms with Crippen LogP contribution in [0.2, 0.25) is 0 Å². The van der Waals surface area contributed by atoms with Crippen LogP contribution in [-0.2, 0) is 17.8 Å². The van der Waals surface area contributed by atoms with E-state index in [2.05, 4.69) is 84.2 Å². The monoisotopic (exact) mass is 786 g/mol. The molecule has 3 aromatic rings. The van der Waals surface area contributed by atoms with Gasteiger partial charge in [0.05, 0.1) is 12.2 Å². The van der Waals surface area contributed by atoms with Gasteiger partial charge in [0.15, 0.2) is 0 Å². The Morgan fingerprint density at radius 2 is 2.00 bits per heavy atom. The van der Waals surface area contributed by atoms with Crippen LogP contribution in [0.4, 0.5) is 11.5 Å². The molecule has 0 spiro atoms. The second-order valence-corrected chi connectivity index (χ2v) is 11.3. The maximum Gasteiger partial charge on any atom is 0.318 e. The number of hydrogen-bond donors (Lipinski definition) is 1. The topological polar surface area (TPSA) is 73.8 Å². The average Bonchev–Trinajstić information content (AvgIpc) is 3.34. The van der Waals surface area contributed by atoms with Crippen molar-refractivity contribution in [2.75, 3.05) is 49.6 Å². The molecule has 0 radical (unpaired) electrons. The number of hydrogen-bond acceptors (Lipinski definition) is 7. The normalized spacial score (nSPS) is 17.6. The molecule has 2 atom stereocenters. The maximum atomic E-state index is 11.7. The number of nitrogens with zero attached hydrogens (tertiary/aromatic N) is 5. The molecule has 2 aliphatic heterocycles. The summed E-state index contributed by atoms with van der Waals surface area (Å²) in [5, 5.41) is 5.49. The number of rotatable bonds is 10. The predicted molar refractivity (Wildman–Crippen MR) is 162 cm³/mol. The summed E-state index contributed by atoms with van der Waals surface area (Å²) < 4.78 is 6.30. The molecule has 41 heavy (non-hydrogen) atoms. The Morgan fingerprint density at radius 3 is 2.71 bits per heavy atom. The first-order chi connectivity index (χ1) is 19.3. The largest absolute Gasteiger partial charge is 0.462 e. The number of likely N-dealkylation sites (N-methyl/N-ethyl adjacent to an activating group) is 1. The minimum atomic E-state index is -0.245. The Morgan fingerprint density at radius 1 is 1.22 bits per heavy atom. The molecule has 0 aliphatic carbocycles. The summed E-state index contributed by atoms with van der Waals surface area (Å²) >= 11 is 0. The van der Waals surface area contributed by atoms with Crippen LogP contribution in [0.3, 0.4) is 0 Å². The van der Waals surface area contributed by atoms with E-state index in [0.717, 1.165) is 50.4 Å². The standard InChI is InChI=1S/C32H43N6O2.Cm/c1-6-16-38(19-23(3)33-24(4)39)31-27-15-18-37(29-14-8-12-25-11-7-10-22(2)30(25)29)20-28(27)34-32(35-31)40-21-26-13-9-17-36(26)5;/h7-8,10-12,14,23,26H,3,6,9,13,15-21H2,1-2,4-5H3,(H,33,39);/q-1;/t23-,26-;/m0./s1. The minimum Gasteiger partial charge on any atom is -0.462 e. The predicted octanol–water partition coefficient (Wildman–Crippen LogP) is 4.53. The van der Waals surface area contributed by atoms with Gasteiger partial charge in [-0.15, -0.1) is 0 Å². The Kier molecular flexibility index (Phi) is 9.28. The van der Waals surface area contributed by atoms with Crippen molar-refractivity contribution in [3.63, 3.8) is 0 Å². The van der Waals surface area contributed by atoms with Crippen LogP contribution in [0.1, 0.15) is 49.9 Å². The number of aromatic nitrogens is 2. The van der Waals surface area contributed by atoms with Gasteiger partial charge in [-0.3, -0.25) is 4.79 Å². The zero-order valence-electron chi connectivity index (χ0n) is 24.8. The van der Waals surface area contributed by atoms with Crippen molar-refractivity contribution in [3.8, 4) is 6.01 Å². The van der Waals surface area contributed by atoms with E-state index in [9.17, 15) is 4.79 Å². The second kappa shape index (κ2) is 12.9. The maximum absolute atomic E-state index is 11.7. The summed E-state index contributed by atoms with van der Waals surface area (Å²) in [6.45, 7) is 14.7. The summed E-state index contributed by atoms with van der Waals surface area (Å²) in [6.07, 6.45) is 4.11. The molecule has 0 bridgehead atoms. The summed E-state index contributed by atoms with van der Waals surface area (Å²) in [5.41, 5.74) is 4.70. The molecule has 2 aromatic carbocycles. The van der Waals surface area contributed by atoms with E-state index in [-0.39, 0.29) is 11.9 Å². The first-order valence-corrected chi connectivity index (χ1v) is 14.6. The zero-order chi connectivity index (χ0) is 28.2. The van der Waals surface area contributed by atoms with Crippen molar-refractivity contribution < 1.29 is 9.53 Å². The van der Waals surface area contributed by atoms with E-state index in [1.807, 2.05) is 0 Å². The SMILES string of the molecule is [CH2-][C@@H](CN(CCC)c1nc(OC[C@@H]2CCCN2C)nc2c1CCN(c1cccc3cccc(C)c13)C2)NC(C)=O.[Cm]. The molecule has 1 fully saturated rings. The fraction of sp³-hybridized carbons (Fsp3) is 0.500. The van der Waals surface area contributed by atoms with Gasteiger partial charge in [0.1, 0.15) is 12.4 Å². The number of carbonyl (C=O) groups excluding carboxylic acids is 1. The van der Waals surface area contributed by atoms with E-state index in [0.29, 0.717) is 31.7 Å². The fourth-order valence-corrected chi connectivity index (χ4v) is 6.20. The molecule has 2 aliphatic rings. The van der Waals surface area contributed by atoms with Crippen LogP contribution in [0, 0.1) is 13.8 Å². The van der Waals surface area contributed by atoms with Crippen LogP contribution in [0.5, 0.6) is 6.01 Å². The van der Waals surface area contributed by atoms with Gasteiger partial charge in [-0.1, -0.05) is 43.3 Å². The van der Waals surface area contributed by atoms with E-state index >= 15 is 0 Å². The number of ether oxygens (including phenoxy) is 1. The third-order valence-electron chi connectivity index (χ3n) is 8.17. The number of amides is 1. The van der Waals surface area contributed by atoms with E-state index in [1.165, 1.54) is 40.9 Å². The smallest absolute Gasteiger partial charge is 0.318 e. The van der Waals surface area contributed by atoms with Crippen LogP contribution < -0.4 is 19.9 Å². The Bertz CT molecular complexity index is 1350. The number of carbonyl (C=O) groups is 1. The Balaban J connectivity index is 0.00000387. The van der Waals surface area contributed by atoms with E-state index < -0.39 is 0 Å². The van der Waals surface area contributed by atoms with Gasteiger partial charge in [-0.2, -0.15) is 9.97 Å². The zero-order valence-corrected chi connectivity index (χ0v) is 27.7. The molecular formula is C32H43CmN6O2-. The summed E-state index contributed by atoms with van der Waals surface area (Å²) in [6, 6.07) is 13.6. The van der Waals surface area contributed by atoms with Gasteiger partial charge in [-0.25, -0.2) is 0 Å². The van der Waals surface area contributed by atoms with Gasteiger partial charge in [0, 0.05) is 49.2 Å². The first kappa shape index (κ1) is 29.6. The third kappa shape index (κ3) is 6.51. The number of aryl methyl sites for hydroxylation is 1. The van der Waals surface area contributed by atoms with Gasteiger partial charge in [-0.05, 0) is 63.2 Å². The van der Waals surface area contributed by atoms with Crippen LogP contribution in [-0.4, -0.2) is 72.7 Å². The van der Waals surface area contributed by atoms with Gasteiger partial charge in [0.25, 0.3) is 0 Å². The molecule has 1 amide bonds. The van der Waals surface area contributed by atoms with E-state index in [1.54, 1.807) is 0 Å². The number of nitrogens with one attached hydrogen (secondary N) is 1. The molecule has 1 saturated heterocycles. The molecular weight excluding hydrogens is 747 g/mol. The first-order valence-electron chi connectivity index (χ1n) is 14.6. The number of benzene rings is 2. The van der Waals surface area contributed by atoms with Gasteiger partial charge in [0.2, 0.25) is 5.91 Å².